The average Bonchev–Trinajstić information content (AvgIpc) is 2.92. The molecule has 2 aromatic heterocycles. The van der Waals surface area contributed by atoms with Crippen LogP contribution in [0.1, 0.15) is 16.1 Å². The van der Waals surface area contributed by atoms with E-state index in [1.807, 2.05) is 18.2 Å². The van der Waals surface area contributed by atoms with Gasteiger partial charge in [-0.2, -0.15) is 0 Å². The minimum atomic E-state index is -1.03. The summed E-state index contributed by atoms with van der Waals surface area (Å²) < 4.78 is 1.08. The number of rotatable bonds is 4. The Kier molecular flexibility index (Phi) is 3.26. The number of nitrogens with zero attached hydrogens (tertiary/aromatic N) is 3. The topological polar surface area (TPSA) is 88.0 Å². The predicted molar refractivity (Wildman–Crippen MR) is 75.9 cm³/mol. The summed E-state index contributed by atoms with van der Waals surface area (Å²) in [6, 6.07) is 5.81. The average molecular weight is 286 g/mol. The third kappa shape index (κ3) is 2.43. The molecular formula is C13H10N4O2S. The van der Waals surface area contributed by atoms with E-state index in [0.717, 1.165) is 15.9 Å². The fourth-order valence-corrected chi connectivity index (χ4v) is 2.54. The molecule has 0 aliphatic carbocycles. The van der Waals surface area contributed by atoms with Crippen LogP contribution in [0.2, 0.25) is 0 Å². The van der Waals surface area contributed by atoms with Crippen molar-refractivity contribution in [3.8, 4) is 0 Å². The van der Waals surface area contributed by atoms with E-state index < -0.39 is 5.97 Å². The minimum absolute atomic E-state index is 0.110. The summed E-state index contributed by atoms with van der Waals surface area (Å²) in [5.41, 5.74) is 4.21. The molecule has 3 aromatic rings. The van der Waals surface area contributed by atoms with Crippen LogP contribution in [0.15, 0.2) is 36.2 Å². The van der Waals surface area contributed by atoms with E-state index in [4.69, 9.17) is 5.11 Å². The molecule has 1 aromatic carbocycles. The van der Waals surface area contributed by atoms with Gasteiger partial charge in [0, 0.05) is 11.9 Å². The Hall–Kier alpha value is -2.54. The van der Waals surface area contributed by atoms with Gasteiger partial charge in [0.1, 0.15) is 11.9 Å². The second kappa shape index (κ2) is 5.22. The number of thiazole rings is 1. The van der Waals surface area contributed by atoms with Gasteiger partial charge in [-0.05, 0) is 18.2 Å². The molecule has 0 bridgehead atoms. The van der Waals surface area contributed by atoms with Gasteiger partial charge in [0.15, 0.2) is 0 Å². The molecule has 3 rings (SSSR count). The van der Waals surface area contributed by atoms with Gasteiger partial charge < -0.3 is 10.4 Å². The first-order valence-electron chi connectivity index (χ1n) is 5.83. The predicted octanol–water partition coefficient (Wildman–Crippen LogP) is 2.40. The van der Waals surface area contributed by atoms with Gasteiger partial charge in [-0.1, -0.05) is 0 Å². The highest BCUT2D eigenvalue weighted by Gasteiger charge is 2.11. The number of aromatic carboxylic acids is 1. The normalized spacial score (nSPS) is 10.6. The zero-order chi connectivity index (χ0) is 13.9. The number of hydrogen-bond acceptors (Lipinski definition) is 6. The molecule has 0 radical (unpaired) electrons. The van der Waals surface area contributed by atoms with Gasteiger partial charge in [-0.25, -0.2) is 19.7 Å². The summed E-state index contributed by atoms with van der Waals surface area (Å²) in [5, 5.41) is 12.2. The molecule has 0 saturated heterocycles. The van der Waals surface area contributed by atoms with Crippen LogP contribution in [-0.2, 0) is 6.54 Å². The van der Waals surface area contributed by atoms with Crippen LogP contribution >= 0.6 is 11.3 Å². The van der Waals surface area contributed by atoms with Crippen LogP contribution < -0.4 is 5.32 Å². The Morgan fingerprint density at radius 3 is 3.10 bits per heavy atom. The van der Waals surface area contributed by atoms with Crippen molar-refractivity contribution >= 4 is 33.2 Å². The van der Waals surface area contributed by atoms with Gasteiger partial charge >= 0.3 is 5.97 Å². The van der Waals surface area contributed by atoms with Crippen molar-refractivity contribution in [2.24, 2.45) is 0 Å². The lowest BCUT2D eigenvalue weighted by molar-refractivity contribution is 0.0694. The van der Waals surface area contributed by atoms with Crippen LogP contribution in [0.25, 0.3) is 10.2 Å². The van der Waals surface area contributed by atoms with Gasteiger partial charge in [0.05, 0.1) is 28.0 Å². The highest BCUT2D eigenvalue weighted by atomic mass is 32.1. The number of nitrogens with one attached hydrogen (secondary N) is 1. The smallest absolute Gasteiger partial charge is 0.339 e. The Morgan fingerprint density at radius 1 is 1.35 bits per heavy atom. The van der Waals surface area contributed by atoms with Crippen LogP contribution in [0.4, 0.5) is 5.69 Å². The SMILES string of the molecule is O=C(O)c1cncnc1CNc1ccc2ncsc2c1. The van der Waals surface area contributed by atoms with Crippen molar-refractivity contribution in [3.63, 3.8) is 0 Å². The van der Waals surface area contributed by atoms with E-state index in [1.165, 1.54) is 12.5 Å². The molecule has 0 fully saturated rings. The summed E-state index contributed by atoms with van der Waals surface area (Å²) in [6.45, 7) is 0.328. The number of benzene rings is 1. The molecule has 2 heterocycles. The second-order valence-corrected chi connectivity index (χ2v) is 4.96. The van der Waals surface area contributed by atoms with Gasteiger partial charge in [0.2, 0.25) is 0 Å². The van der Waals surface area contributed by atoms with Crippen molar-refractivity contribution < 1.29 is 9.90 Å². The second-order valence-electron chi connectivity index (χ2n) is 4.08. The molecule has 2 N–H and O–H groups in total. The summed E-state index contributed by atoms with van der Waals surface area (Å²) in [6.07, 6.45) is 2.65. The number of hydrogen-bond donors (Lipinski definition) is 2. The zero-order valence-electron chi connectivity index (χ0n) is 10.3. The number of fused-ring (bicyclic) bond motifs is 1. The number of carbonyl (C=O) groups is 1. The molecule has 0 aliphatic heterocycles. The van der Waals surface area contributed by atoms with E-state index in [2.05, 4.69) is 20.3 Å². The summed E-state index contributed by atoms with van der Waals surface area (Å²) >= 11 is 1.56. The van der Waals surface area contributed by atoms with Crippen LogP contribution in [-0.4, -0.2) is 26.0 Å². The lowest BCUT2D eigenvalue weighted by atomic mass is 10.2. The summed E-state index contributed by atoms with van der Waals surface area (Å²) in [4.78, 5) is 23.0. The molecule has 0 unspecified atom stereocenters. The van der Waals surface area contributed by atoms with Crippen molar-refractivity contribution in [2.45, 2.75) is 6.54 Å². The molecule has 0 atom stereocenters. The standard InChI is InChI=1S/C13H10N4O2S/c18-13(19)9-4-14-6-16-11(9)5-15-8-1-2-10-12(3-8)20-7-17-10/h1-4,6-7,15H,5H2,(H,18,19). The minimum Gasteiger partial charge on any atom is -0.478 e. The molecule has 0 amide bonds. The summed E-state index contributed by atoms with van der Waals surface area (Å²) in [5.74, 6) is -1.03. The zero-order valence-corrected chi connectivity index (χ0v) is 11.1. The summed E-state index contributed by atoms with van der Waals surface area (Å²) in [7, 11) is 0. The Bertz CT molecular complexity index is 772. The fraction of sp³-hybridized carbons (Fsp3) is 0.0769. The Labute approximate surface area is 118 Å². The molecule has 100 valence electrons. The third-order valence-corrected chi connectivity index (χ3v) is 3.61. The van der Waals surface area contributed by atoms with Gasteiger partial charge in [0.25, 0.3) is 0 Å². The van der Waals surface area contributed by atoms with E-state index in [0.29, 0.717) is 12.2 Å². The van der Waals surface area contributed by atoms with E-state index in [1.54, 1.807) is 16.8 Å². The monoisotopic (exact) mass is 286 g/mol. The van der Waals surface area contributed by atoms with Crippen LogP contribution in [0, 0.1) is 0 Å². The molecule has 20 heavy (non-hydrogen) atoms. The maximum Gasteiger partial charge on any atom is 0.339 e. The molecule has 0 saturated carbocycles. The maximum absolute atomic E-state index is 11.1. The molecular weight excluding hydrogens is 276 g/mol. The van der Waals surface area contributed by atoms with E-state index in [-0.39, 0.29) is 5.56 Å². The first-order valence-corrected chi connectivity index (χ1v) is 6.71. The number of carboxylic acid groups (broad SMARTS) is 1. The van der Waals surface area contributed by atoms with E-state index >= 15 is 0 Å². The van der Waals surface area contributed by atoms with Gasteiger partial charge in [-0.15, -0.1) is 11.3 Å². The largest absolute Gasteiger partial charge is 0.478 e. The number of anilines is 1. The molecule has 7 heteroatoms. The fourth-order valence-electron chi connectivity index (χ4n) is 1.83. The molecule has 0 spiro atoms. The lowest BCUT2D eigenvalue weighted by Crippen LogP contribution is -2.10. The van der Waals surface area contributed by atoms with Crippen LogP contribution in [0.5, 0.6) is 0 Å². The first kappa shape index (κ1) is 12.5. The van der Waals surface area contributed by atoms with Crippen molar-refractivity contribution in [1.29, 1.82) is 0 Å². The number of aromatic nitrogens is 3. The van der Waals surface area contributed by atoms with E-state index in [9.17, 15) is 4.79 Å². The van der Waals surface area contributed by atoms with Crippen molar-refractivity contribution in [1.82, 2.24) is 15.0 Å². The molecule has 0 aliphatic rings. The van der Waals surface area contributed by atoms with Crippen molar-refractivity contribution in [2.75, 3.05) is 5.32 Å². The van der Waals surface area contributed by atoms with Gasteiger partial charge in [-0.3, -0.25) is 0 Å². The maximum atomic E-state index is 11.1. The van der Waals surface area contributed by atoms with Crippen LogP contribution in [0.3, 0.4) is 0 Å². The third-order valence-electron chi connectivity index (χ3n) is 2.82. The van der Waals surface area contributed by atoms with Crippen molar-refractivity contribution in [3.05, 3.63) is 47.5 Å². The molecule has 6 nitrogen and oxygen atoms in total. The Balaban J connectivity index is 1.80. The Morgan fingerprint density at radius 2 is 2.25 bits per heavy atom. The highest BCUT2D eigenvalue weighted by Crippen LogP contribution is 2.22. The number of carboxylic acids is 1. The highest BCUT2D eigenvalue weighted by molar-refractivity contribution is 7.16. The lowest BCUT2D eigenvalue weighted by Gasteiger charge is -2.07. The first-order chi connectivity index (χ1) is 9.74. The quantitative estimate of drug-likeness (QED) is 0.765.